The van der Waals surface area contributed by atoms with Crippen molar-refractivity contribution in [3.63, 3.8) is 0 Å². The van der Waals surface area contributed by atoms with E-state index in [2.05, 4.69) is 26.1 Å². The molecular weight excluding hydrogens is 166 g/mol. The fourth-order valence-corrected chi connectivity index (χ4v) is 1.26. The SMILES string of the molecule is COC(C)(C)CC(C)NC[C@@H](C)O. The van der Waals surface area contributed by atoms with Gasteiger partial charge in [-0.25, -0.2) is 0 Å². The number of methoxy groups -OCH3 is 1. The zero-order chi connectivity index (χ0) is 10.5. The number of rotatable bonds is 6. The summed E-state index contributed by atoms with van der Waals surface area (Å²) in [6.07, 6.45) is 0.657. The standard InChI is InChI=1S/C10H23NO2/c1-8(11-7-9(2)12)6-10(3,4)13-5/h8-9,11-12H,6-7H2,1-5H3/t8?,9-/m1/s1. The number of nitrogens with one attached hydrogen (secondary N) is 1. The van der Waals surface area contributed by atoms with Crippen LogP contribution in [0.15, 0.2) is 0 Å². The van der Waals surface area contributed by atoms with E-state index >= 15 is 0 Å². The third-order valence-electron chi connectivity index (χ3n) is 2.11. The highest BCUT2D eigenvalue weighted by Crippen LogP contribution is 2.15. The molecule has 0 saturated carbocycles. The first-order valence-electron chi connectivity index (χ1n) is 4.84. The van der Waals surface area contributed by atoms with Gasteiger partial charge in [0.2, 0.25) is 0 Å². The summed E-state index contributed by atoms with van der Waals surface area (Å²) in [7, 11) is 1.72. The number of aliphatic hydroxyl groups excluding tert-OH is 1. The van der Waals surface area contributed by atoms with Gasteiger partial charge in [-0.1, -0.05) is 0 Å². The third kappa shape index (κ3) is 6.99. The van der Waals surface area contributed by atoms with E-state index in [0.717, 1.165) is 6.42 Å². The maximum Gasteiger partial charge on any atom is 0.0637 e. The molecular formula is C10H23NO2. The summed E-state index contributed by atoms with van der Waals surface area (Å²) in [5.41, 5.74) is -0.0922. The molecule has 0 aliphatic heterocycles. The van der Waals surface area contributed by atoms with Crippen LogP contribution in [0.25, 0.3) is 0 Å². The number of ether oxygens (including phenoxy) is 1. The molecule has 0 radical (unpaired) electrons. The fourth-order valence-electron chi connectivity index (χ4n) is 1.26. The van der Waals surface area contributed by atoms with E-state index in [0.29, 0.717) is 12.6 Å². The molecule has 0 amide bonds. The highest BCUT2D eigenvalue weighted by molar-refractivity contribution is 4.75. The lowest BCUT2D eigenvalue weighted by molar-refractivity contribution is 0.00772. The first-order chi connectivity index (χ1) is 5.87. The van der Waals surface area contributed by atoms with Crippen molar-refractivity contribution in [1.82, 2.24) is 5.32 Å². The van der Waals surface area contributed by atoms with Gasteiger partial charge in [-0.05, 0) is 34.1 Å². The van der Waals surface area contributed by atoms with Gasteiger partial charge in [-0.15, -0.1) is 0 Å². The normalized spacial score (nSPS) is 17.1. The van der Waals surface area contributed by atoms with Crippen LogP contribution in [0.5, 0.6) is 0 Å². The monoisotopic (exact) mass is 189 g/mol. The van der Waals surface area contributed by atoms with Gasteiger partial charge in [0, 0.05) is 19.7 Å². The Labute approximate surface area is 81.5 Å². The van der Waals surface area contributed by atoms with Crippen molar-refractivity contribution in [2.24, 2.45) is 0 Å². The lowest BCUT2D eigenvalue weighted by Crippen LogP contribution is -2.38. The molecule has 0 aliphatic rings. The Balaban J connectivity index is 3.67. The van der Waals surface area contributed by atoms with Crippen LogP contribution in [0.2, 0.25) is 0 Å². The molecule has 0 aromatic rings. The van der Waals surface area contributed by atoms with Crippen LogP contribution in [0.4, 0.5) is 0 Å². The van der Waals surface area contributed by atoms with Crippen LogP contribution in [-0.2, 0) is 4.74 Å². The van der Waals surface area contributed by atoms with Crippen LogP contribution in [0.3, 0.4) is 0 Å². The smallest absolute Gasteiger partial charge is 0.0637 e. The Hall–Kier alpha value is -0.120. The summed E-state index contributed by atoms with van der Waals surface area (Å²) in [5.74, 6) is 0. The van der Waals surface area contributed by atoms with E-state index < -0.39 is 0 Å². The van der Waals surface area contributed by atoms with Crippen LogP contribution in [0, 0.1) is 0 Å². The van der Waals surface area contributed by atoms with E-state index in [1.54, 1.807) is 14.0 Å². The van der Waals surface area contributed by atoms with Crippen LogP contribution in [-0.4, -0.2) is 36.5 Å². The maximum atomic E-state index is 9.06. The van der Waals surface area contributed by atoms with Gasteiger partial charge in [0.1, 0.15) is 0 Å². The van der Waals surface area contributed by atoms with Crippen molar-refractivity contribution in [2.75, 3.05) is 13.7 Å². The lowest BCUT2D eigenvalue weighted by Gasteiger charge is -2.27. The van der Waals surface area contributed by atoms with E-state index in [9.17, 15) is 0 Å². The molecule has 0 rings (SSSR count). The van der Waals surface area contributed by atoms with Crippen molar-refractivity contribution in [3.8, 4) is 0 Å². The second kappa shape index (κ2) is 5.58. The molecule has 0 aromatic heterocycles. The topological polar surface area (TPSA) is 41.5 Å². The zero-order valence-corrected chi connectivity index (χ0v) is 9.42. The summed E-state index contributed by atoms with van der Waals surface area (Å²) in [6, 6.07) is 0.365. The van der Waals surface area contributed by atoms with E-state index in [1.165, 1.54) is 0 Å². The van der Waals surface area contributed by atoms with Crippen molar-refractivity contribution < 1.29 is 9.84 Å². The first kappa shape index (κ1) is 12.9. The Morgan fingerprint density at radius 2 is 1.92 bits per heavy atom. The van der Waals surface area contributed by atoms with Crippen molar-refractivity contribution in [1.29, 1.82) is 0 Å². The van der Waals surface area contributed by atoms with E-state index in [4.69, 9.17) is 9.84 Å². The molecule has 0 fully saturated rings. The van der Waals surface area contributed by atoms with Gasteiger partial charge >= 0.3 is 0 Å². The van der Waals surface area contributed by atoms with Crippen molar-refractivity contribution >= 4 is 0 Å². The van der Waals surface area contributed by atoms with E-state index in [1.807, 2.05) is 0 Å². The Bertz CT molecular complexity index is 135. The van der Waals surface area contributed by atoms with Crippen molar-refractivity contribution in [2.45, 2.75) is 51.9 Å². The number of hydrogen-bond donors (Lipinski definition) is 2. The minimum Gasteiger partial charge on any atom is -0.392 e. The van der Waals surface area contributed by atoms with E-state index in [-0.39, 0.29) is 11.7 Å². The summed E-state index contributed by atoms with van der Waals surface area (Å²) in [6.45, 7) is 8.65. The largest absolute Gasteiger partial charge is 0.392 e. The number of aliphatic hydroxyl groups is 1. The van der Waals surface area contributed by atoms with Gasteiger partial charge < -0.3 is 15.2 Å². The predicted octanol–water partition coefficient (Wildman–Crippen LogP) is 1.16. The maximum absolute atomic E-state index is 9.06. The second-order valence-electron chi connectivity index (χ2n) is 4.33. The summed E-state index contributed by atoms with van der Waals surface area (Å²) in [5, 5.41) is 12.3. The van der Waals surface area contributed by atoms with Gasteiger partial charge in [-0.2, -0.15) is 0 Å². The highest BCUT2D eigenvalue weighted by Gasteiger charge is 2.19. The molecule has 1 unspecified atom stereocenters. The minimum atomic E-state index is -0.284. The highest BCUT2D eigenvalue weighted by atomic mass is 16.5. The molecule has 13 heavy (non-hydrogen) atoms. The summed E-state index contributed by atoms with van der Waals surface area (Å²) >= 11 is 0. The van der Waals surface area contributed by atoms with Crippen molar-refractivity contribution in [3.05, 3.63) is 0 Å². The lowest BCUT2D eigenvalue weighted by atomic mass is 10.00. The zero-order valence-electron chi connectivity index (χ0n) is 9.42. The summed E-state index contributed by atoms with van der Waals surface area (Å²) in [4.78, 5) is 0. The Morgan fingerprint density at radius 3 is 2.31 bits per heavy atom. The van der Waals surface area contributed by atoms with Gasteiger partial charge in [0.25, 0.3) is 0 Å². The molecule has 0 heterocycles. The molecule has 3 nitrogen and oxygen atoms in total. The van der Waals surface area contributed by atoms with Gasteiger partial charge in [0.05, 0.1) is 11.7 Å². The molecule has 2 atom stereocenters. The van der Waals surface area contributed by atoms with Gasteiger partial charge in [-0.3, -0.25) is 0 Å². The van der Waals surface area contributed by atoms with Crippen LogP contribution >= 0.6 is 0 Å². The molecule has 80 valence electrons. The summed E-state index contributed by atoms with van der Waals surface area (Å²) < 4.78 is 5.31. The molecule has 3 heteroatoms. The third-order valence-corrected chi connectivity index (χ3v) is 2.11. The number of hydrogen-bond acceptors (Lipinski definition) is 3. The molecule has 0 aliphatic carbocycles. The Morgan fingerprint density at radius 1 is 1.38 bits per heavy atom. The average molecular weight is 189 g/mol. The van der Waals surface area contributed by atoms with Crippen LogP contribution in [0.1, 0.15) is 34.1 Å². The fraction of sp³-hybridized carbons (Fsp3) is 1.00. The molecule has 0 saturated heterocycles. The minimum absolute atomic E-state index is 0.0922. The first-order valence-corrected chi connectivity index (χ1v) is 4.84. The van der Waals surface area contributed by atoms with Gasteiger partial charge in [0.15, 0.2) is 0 Å². The molecule has 0 aromatic carbocycles. The predicted molar refractivity (Wildman–Crippen MR) is 54.9 cm³/mol. The molecule has 0 spiro atoms. The average Bonchev–Trinajstić information content (AvgIpc) is 2.00. The molecule has 2 N–H and O–H groups in total. The quantitative estimate of drug-likeness (QED) is 0.659. The second-order valence-corrected chi connectivity index (χ2v) is 4.33. The molecule has 0 bridgehead atoms. The van der Waals surface area contributed by atoms with Crippen LogP contribution < -0.4 is 5.32 Å². The Kier molecular flexibility index (Phi) is 5.53.